The summed E-state index contributed by atoms with van der Waals surface area (Å²) in [4.78, 5) is 14.2. The molecule has 0 aromatic heterocycles. The topological polar surface area (TPSA) is 35.5 Å². The van der Waals surface area contributed by atoms with Crippen molar-refractivity contribution in [2.75, 3.05) is 13.2 Å². The van der Waals surface area contributed by atoms with Gasteiger partial charge >= 0.3 is 0 Å². The lowest BCUT2D eigenvalue weighted by molar-refractivity contribution is -0.173. The second kappa shape index (κ2) is 21.5. The summed E-state index contributed by atoms with van der Waals surface area (Å²) in [6, 6.07) is 0. The molecule has 5 heteroatoms. The summed E-state index contributed by atoms with van der Waals surface area (Å²) >= 11 is 14.8. The number of unbranched alkanes of at least 4 members (excludes halogenated alkanes) is 14. The predicted molar refractivity (Wildman–Crippen MR) is 217 cm³/mol. The first-order valence-electron chi connectivity index (χ1n) is 23.0. The molecule has 0 heterocycles. The van der Waals surface area contributed by atoms with Crippen LogP contribution in [0, 0.1) is 34.5 Å². The normalized spacial score (nSPS) is 35.3. The Morgan fingerprint density at radius 1 is 0.451 bits per heavy atom. The largest absolute Gasteiger partial charge is 0.378 e. The highest BCUT2D eigenvalue weighted by Gasteiger charge is 2.79. The van der Waals surface area contributed by atoms with Crippen LogP contribution in [0.5, 0.6) is 0 Å². The van der Waals surface area contributed by atoms with Crippen LogP contribution in [0.1, 0.15) is 219 Å². The fourth-order valence-electron chi connectivity index (χ4n) is 11.9. The third kappa shape index (κ3) is 10.7. The Balaban J connectivity index is 0.937. The maximum Gasteiger partial charge on any atom is 0.151 e. The van der Waals surface area contributed by atoms with Gasteiger partial charge in [0.25, 0.3) is 0 Å². The van der Waals surface area contributed by atoms with E-state index < -0.39 is 15.2 Å². The molecule has 0 unspecified atom stereocenters. The molecule has 0 aromatic carbocycles. The number of carbonyl (C=O) groups is 1. The van der Waals surface area contributed by atoms with E-state index in [4.69, 9.17) is 32.7 Å². The minimum Gasteiger partial charge on any atom is -0.378 e. The van der Waals surface area contributed by atoms with Crippen LogP contribution < -0.4 is 0 Å². The maximum absolute atomic E-state index is 14.2. The number of rotatable bonds is 22. The van der Waals surface area contributed by atoms with Crippen LogP contribution in [0.15, 0.2) is 0 Å². The minimum absolute atomic E-state index is 0.452. The number of halogens is 2. The van der Waals surface area contributed by atoms with E-state index in [-0.39, 0.29) is 0 Å². The average Bonchev–Trinajstić information content (AvgIpc) is 3.17. The summed E-state index contributed by atoms with van der Waals surface area (Å²) in [5, 5.41) is 0. The highest BCUT2D eigenvalue weighted by Crippen LogP contribution is 2.75. The fraction of sp³-hybridized carbons (Fsp3) is 0.978. The van der Waals surface area contributed by atoms with Gasteiger partial charge < -0.3 is 9.47 Å². The molecule has 0 atom stereocenters. The molecule has 2 spiro atoms. The Bertz CT molecular complexity index is 891. The van der Waals surface area contributed by atoms with E-state index in [1.807, 2.05) is 0 Å². The molecule has 0 saturated heterocycles. The maximum atomic E-state index is 14.2. The molecule has 5 saturated carbocycles. The van der Waals surface area contributed by atoms with Crippen LogP contribution in [0.4, 0.5) is 0 Å². The molecule has 51 heavy (non-hydrogen) atoms. The smallest absolute Gasteiger partial charge is 0.151 e. The van der Waals surface area contributed by atoms with Gasteiger partial charge in [0.15, 0.2) is 5.78 Å². The van der Waals surface area contributed by atoms with E-state index in [1.54, 1.807) is 0 Å². The van der Waals surface area contributed by atoms with Gasteiger partial charge in [0.05, 0.1) is 23.0 Å². The molecule has 0 aliphatic heterocycles. The molecular formula is C46H80Cl2O3. The molecule has 0 N–H and O–H groups in total. The zero-order valence-corrected chi connectivity index (χ0v) is 35.0. The minimum atomic E-state index is -0.880. The van der Waals surface area contributed by atoms with Gasteiger partial charge in [-0.1, -0.05) is 127 Å². The lowest BCUT2D eigenvalue weighted by Gasteiger charge is -2.67. The molecule has 0 aromatic rings. The van der Waals surface area contributed by atoms with E-state index in [2.05, 4.69) is 13.8 Å². The molecule has 5 aliphatic carbocycles. The summed E-state index contributed by atoms with van der Waals surface area (Å²) in [7, 11) is 0. The Hall–Kier alpha value is 0.170. The summed E-state index contributed by atoms with van der Waals surface area (Å²) in [5.74, 6) is 3.49. The number of ether oxygens (including phenoxy) is 2. The van der Waals surface area contributed by atoms with Crippen molar-refractivity contribution in [3.63, 3.8) is 0 Å². The number of Topliss-reactive ketones (excluding diaryl/α,β-unsaturated/α-hetero) is 1. The van der Waals surface area contributed by atoms with Crippen LogP contribution in [0.2, 0.25) is 0 Å². The first-order chi connectivity index (χ1) is 24.9. The van der Waals surface area contributed by atoms with Crippen molar-refractivity contribution in [3.8, 4) is 0 Å². The van der Waals surface area contributed by atoms with Crippen molar-refractivity contribution < 1.29 is 14.3 Å². The number of ketones is 1. The highest BCUT2D eigenvalue weighted by molar-refractivity contribution is 6.55. The van der Waals surface area contributed by atoms with Crippen LogP contribution >= 0.6 is 23.2 Å². The van der Waals surface area contributed by atoms with Crippen LogP contribution in [-0.2, 0) is 14.3 Å². The zero-order valence-electron chi connectivity index (χ0n) is 33.5. The molecule has 5 aliphatic rings. The van der Waals surface area contributed by atoms with Crippen molar-refractivity contribution >= 4 is 29.0 Å². The van der Waals surface area contributed by atoms with Gasteiger partial charge in [-0.05, 0) is 139 Å². The van der Waals surface area contributed by atoms with Gasteiger partial charge in [-0.3, -0.25) is 4.79 Å². The average molecular weight is 752 g/mol. The van der Waals surface area contributed by atoms with E-state index in [1.165, 1.54) is 154 Å². The first-order valence-corrected chi connectivity index (χ1v) is 23.8. The third-order valence-corrected chi connectivity index (χ3v) is 16.8. The van der Waals surface area contributed by atoms with Crippen molar-refractivity contribution in [2.45, 2.75) is 236 Å². The lowest BCUT2D eigenvalue weighted by Crippen LogP contribution is -2.74. The van der Waals surface area contributed by atoms with Gasteiger partial charge in [-0.25, -0.2) is 0 Å². The van der Waals surface area contributed by atoms with Crippen molar-refractivity contribution in [3.05, 3.63) is 0 Å². The van der Waals surface area contributed by atoms with E-state index in [9.17, 15) is 4.79 Å². The Kier molecular flexibility index (Phi) is 17.8. The molecule has 0 amide bonds. The Morgan fingerprint density at radius 3 is 1.06 bits per heavy atom. The quantitative estimate of drug-likeness (QED) is 0.0816. The molecule has 3 nitrogen and oxygen atoms in total. The number of hydrogen-bond acceptors (Lipinski definition) is 3. The van der Waals surface area contributed by atoms with E-state index >= 15 is 0 Å². The number of hydrogen-bond donors (Lipinski definition) is 0. The predicted octanol–water partition coefficient (Wildman–Crippen LogP) is 14.5. The fourth-order valence-corrected chi connectivity index (χ4v) is 13.0. The third-order valence-electron chi connectivity index (χ3n) is 15.3. The molecule has 5 fully saturated rings. The summed E-state index contributed by atoms with van der Waals surface area (Å²) in [5.41, 5.74) is -0.972. The standard InChI is InChI=1S/C46H80Cl2O3/c1-3-5-7-9-11-13-15-17-35-50-41-23-19-37(20-24-41)39-27-31-44(32-28-39)43(49)45(46(44,47)48)33-29-40(30-34-45)38-21-25-42(26-22-38)51-36-18-16-14-12-10-8-6-4-2/h37-42H,3-36H2,1-2H3. The number of carbonyl (C=O) groups excluding carboxylic acids is 1. The zero-order chi connectivity index (χ0) is 36.0. The first kappa shape index (κ1) is 42.3. The number of alkyl halides is 2. The summed E-state index contributed by atoms with van der Waals surface area (Å²) in [6.07, 6.45) is 40.8. The highest BCUT2D eigenvalue weighted by atomic mass is 35.5. The van der Waals surface area contributed by atoms with Crippen LogP contribution in [0.25, 0.3) is 0 Å². The second-order valence-corrected chi connectivity index (χ2v) is 19.8. The molecule has 0 bridgehead atoms. The van der Waals surface area contributed by atoms with Gasteiger partial charge in [0.1, 0.15) is 4.33 Å². The molecule has 5 rings (SSSR count). The van der Waals surface area contributed by atoms with Gasteiger partial charge in [0.2, 0.25) is 0 Å². The van der Waals surface area contributed by atoms with Gasteiger partial charge in [-0.2, -0.15) is 0 Å². The van der Waals surface area contributed by atoms with E-state index in [0.29, 0.717) is 18.0 Å². The SMILES string of the molecule is CCCCCCCCCCOC1CCC(C2CCC3(CC2)C(=O)C2(CCC(C4CCC(OCCCCCCCCCC)CC4)CC2)C3(Cl)Cl)CC1. The molecule has 296 valence electrons. The second-order valence-electron chi connectivity index (χ2n) is 18.5. The van der Waals surface area contributed by atoms with Crippen molar-refractivity contribution in [1.82, 2.24) is 0 Å². The lowest BCUT2D eigenvalue weighted by atomic mass is 9.41. The molecular weight excluding hydrogens is 671 g/mol. The van der Waals surface area contributed by atoms with Crippen LogP contribution in [0.3, 0.4) is 0 Å². The van der Waals surface area contributed by atoms with Crippen molar-refractivity contribution in [1.29, 1.82) is 0 Å². The van der Waals surface area contributed by atoms with Crippen molar-refractivity contribution in [2.24, 2.45) is 34.5 Å². The van der Waals surface area contributed by atoms with E-state index in [0.717, 1.165) is 88.3 Å². The van der Waals surface area contributed by atoms with Crippen LogP contribution in [-0.4, -0.2) is 35.5 Å². The molecule has 0 radical (unpaired) electrons. The monoisotopic (exact) mass is 751 g/mol. The van der Waals surface area contributed by atoms with Gasteiger partial charge in [0, 0.05) is 13.2 Å². The summed E-state index contributed by atoms with van der Waals surface area (Å²) in [6.45, 7) is 6.47. The Morgan fingerprint density at radius 2 is 0.745 bits per heavy atom. The Labute approximate surface area is 325 Å². The van der Waals surface area contributed by atoms with Gasteiger partial charge in [-0.15, -0.1) is 0 Å². The summed E-state index contributed by atoms with van der Waals surface area (Å²) < 4.78 is 11.8.